The van der Waals surface area contributed by atoms with Crippen LogP contribution in [0.5, 0.6) is 17.2 Å². The first-order valence-corrected chi connectivity index (χ1v) is 10.2. The minimum absolute atomic E-state index is 0.0421. The molecule has 1 aliphatic rings. The van der Waals surface area contributed by atoms with E-state index >= 15 is 0 Å². The van der Waals surface area contributed by atoms with Crippen LogP contribution >= 0.6 is 0 Å². The summed E-state index contributed by atoms with van der Waals surface area (Å²) in [7, 11) is 1.66. The minimum Gasteiger partial charge on any atom is -0.497 e. The maximum absolute atomic E-state index is 12.8. The summed E-state index contributed by atoms with van der Waals surface area (Å²) in [6, 6.07) is 25.6. The highest BCUT2D eigenvalue weighted by Gasteiger charge is 2.30. The van der Waals surface area contributed by atoms with E-state index in [9.17, 15) is 4.79 Å². The molecule has 5 nitrogen and oxygen atoms in total. The number of hydrogen-bond donors (Lipinski definition) is 1. The Labute approximate surface area is 177 Å². The lowest BCUT2D eigenvalue weighted by Crippen LogP contribution is -2.34. The van der Waals surface area contributed by atoms with Crippen molar-refractivity contribution in [1.29, 1.82) is 0 Å². The fraction of sp³-hybridized carbons (Fsp3) is 0.240. The number of rotatable bonds is 9. The van der Waals surface area contributed by atoms with Crippen molar-refractivity contribution < 1.29 is 14.3 Å². The van der Waals surface area contributed by atoms with Crippen LogP contribution in [0.2, 0.25) is 0 Å². The zero-order chi connectivity index (χ0) is 20.8. The van der Waals surface area contributed by atoms with Gasteiger partial charge in [-0.2, -0.15) is 0 Å². The molecule has 154 valence electrons. The second-order valence-electron chi connectivity index (χ2n) is 7.44. The fourth-order valence-corrected chi connectivity index (χ4v) is 3.37. The van der Waals surface area contributed by atoms with E-state index in [2.05, 4.69) is 22.3 Å². The molecule has 1 fully saturated rings. The average molecular weight is 402 g/mol. The molecule has 1 amide bonds. The number of amides is 1. The van der Waals surface area contributed by atoms with Crippen molar-refractivity contribution in [3.05, 3.63) is 84.4 Å². The van der Waals surface area contributed by atoms with Crippen molar-refractivity contribution >= 4 is 11.6 Å². The molecule has 3 aromatic rings. The summed E-state index contributed by atoms with van der Waals surface area (Å²) in [5, 5.41) is 3.02. The van der Waals surface area contributed by atoms with Gasteiger partial charge in [-0.3, -0.25) is 9.69 Å². The summed E-state index contributed by atoms with van der Waals surface area (Å²) in [4.78, 5) is 15.1. The Hall–Kier alpha value is -3.31. The normalized spacial score (nSPS) is 13.1. The lowest BCUT2D eigenvalue weighted by atomic mass is 10.2. The van der Waals surface area contributed by atoms with E-state index in [1.54, 1.807) is 7.11 Å². The summed E-state index contributed by atoms with van der Waals surface area (Å²) in [5.74, 6) is 2.16. The summed E-state index contributed by atoms with van der Waals surface area (Å²) >= 11 is 0. The number of nitrogens with zero attached hydrogens (tertiary/aromatic N) is 1. The standard InChI is InChI=1S/C25H26N2O3/c1-29-21-15-11-19(12-16-21)17-27(20-13-14-20)18-25(28)26-23-9-5-6-10-24(23)30-22-7-3-2-4-8-22/h2-12,15-16,20H,13-14,17-18H2,1H3,(H,26,28). The van der Waals surface area contributed by atoms with Crippen molar-refractivity contribution in [2.24, 2.45) is 0 Å². The number of methoxy groups -OCH3 is 1. The van der Waals surface area contributed by atoms with E-state index < -0.39 is 0 Å². The molecule has 0 bridgehead atoms. The number of benzene rings is 3. The second-order valence-corrected chi connectivity index (χ2v) is 7.44. The molecule has 1 N–H and O–H groups in total. The van der Waals surface area contributed by atoms with E-state index in [4.69, 9.17) is 9.47 Å². The van der Waals surface area contributed by atoms with Gasteiger partial charge in [0.25, 0.3) is 0 Å². The molecule has 0 heterocycles. The maximum atomic E-state index is 12.8. The first-order valence-electron chi connectivity index (χ1n) is 10.2. The monoisotopic (exact) mass is 402 g/mol. The van der Waals surface area contributed by atoms with Gasteiger partial charge in [0.05, 0.1) is 19.3 Å². The quantitative estimate of drug-likeness (QED) is 0.542. The predicted molar refractivity (Wildman–Crippen MR) is 118 cm³/mol. The van der Waals surface area contributed by atoms with Crippen LogP contribution in [-0.4, -0.2) is 30.5 Å². The highest BCUT2D eigenvalue weighted by atomic mass is 16.5. The van der Waals surface area contributed by atoms with E-state index in [0.29, 0.717) is 24.0 Å². The second kappa shape index (κ2) is 9.46. The van der Waals surface area contributed by atoms with Crippen LogP contribution in [0.3, 0.4) is 0 Å². The van der Waals surface area contributed by atoms with Gasteiger partial charge in [-0.25, -0.2) is 0 Å². The molecular formula is C25H26N2O3. The van der Waals surface area contributed by atoms with Crippen molar-refractivity contribution in [3.63, 3.8) is 0 Å². The van der Waals surface area contributed by atoms with Crippen molar-refractivity contribution in [3.8, 4) is 17.2 Å². The maximum Gasteiger partial charge on any atom is 0.238 e. The van der Waals surface area contributed by atoms with E-state index in [0.717, 1.165) is 30.9 Å². The Morgan fingerprint density at radius 2 is 1.63 bits per heavy atom. The topological polar surface area (TPSA) is 50.8 Å². The third-order valence-electron chi connectivity index (χ3n) is 5.09. The van der Waals surface area contributed by atoms with Crippen LogP contribution in [0.4, 0.5) is 5.69 Å². The van der Waals surface area contributed by atoms with Crippen LogP contribution in [0.1, 0.15) is 18.4 Å². The molecule has 0 aromatic heterocycles. The van der Waals surface area contributed by atoms with Gasteiger partial charge in [-0.05, 0) is 54.8 Å². The van der Waals surface area contributed by atoms with Gasteiger partial charge in [0, 0.05) is 12.6 Å². The zero-order valence-electron chi connectivity index (χ0n) is 17.1. The van der Waals surface area contributed by atoms with Crippen LogP contribution in [0.15, 0.2) is 78.9 Å². The molecule has 0 saturated heterocycles. The van der Waals surface area contributed by atoms with E-state index in [-0.39, 0.29) is 5.91 Å². The number of hydrogen-bond acceptors (Lipinski definition) is 4. The summed E-state index contributed by atoms with van der Waals surface area (Å²) in [6.07, 6.45) is 2.27. The highest BCUT2D eigenvalue weighted by molar-refractivity contribution is 5.93. The van der Waals surface area contributed by atoms with Gasteiger partial charge in [0.2, 0.25) is 5.91 Å². The van der Waals surface area contributed by atoms with Gasteiger partial charge in [0.15, 0.2) is 5.75 Å². The number of carbonyl (C=O) groups is 1. The molecule has 4 rings (SSSR count). The number of para-hydroxylation sites is 3. The molecule has 3 aromatic carbocycles. The first-order chi connectivity index (χ1) is 14.7. The highest BCUT2D eigenvalue weighted by Crippen LogP contribution is 2.31. The van der Waals surface area contributed by atoms with Crippen LogP contribution in [0.25, 0.3) is 0 Å². The summed E-state index contributed by atoms with van der Waals surface area (Å²) in [6.45, 7) is 1.08. The Morgan fingerprint density at radius 1 is 0.933 bits per heavy atom. The van der Waals surface area contributed by atoms with Crippen LogP contribution in [0, 0.1) is 0 Å². The molecule has 1 aliphatic carbocycles. The van der Waals surface area contributed by atoms with Crippen molar-refractivity contribution in [1.82, 2.24) is 4.90 Å². The molecule has 0 unspecified atom stereocenters. The Balaban J connectivity index is 1.40. The molecule has 30 heavy (non-hydrogen) atoms. The Kier molecular flexibility index (Phi) is 6.30. The lowest BCUT2D eigenvalue weighted by Gasteiger charge is -2.22. The van der Waals surface area contributed by atoms with Gasteiger partial charge in [-0.15, -0.1) is 0 Å². The van der Waals surface area contributed by atoms with Crippen LogP contribution < -0.4 is 14.8 Å². The molecule has 0 radical (unpaired) electrons. The van der Waals surface area contributed by atoms with Gasteiger partial charge >= 0.3 is 0 Å². The predicted octanol–water partition coefficient (Wildman–Crippen LogP) is 5.09. The summed E-state index contributed by atoms with van der Waals surface area (Å²) in [5.41, 5.74) is 1.84. The van der Waals surface area contributed by atoms with Gasteiger partial charge < -0.3 is 14.8 Å². The molecule has 0 aliphatic heterocycles. The van der Waals surface area contributed by atoms with E-state index in [1.807, 2.05) is 66.7 Å². The Morgan fingerprint density at radius 3 is 2.33 bits per heavy atom. The number of anilines is 1. The first kappa shape index (κ1) is 20.0. The van der Waals surface area contributed by atoms with Gasteiger partial charge in [0.1, 0.15) is 11.5 Å². The molecule has 5 heteroatoms. The SMILES string of the molecule is COc1ccc(CN(CC(=O)Nc2ccccc2Oc2ccccc2)C2CC2)cc1. The minimum atomic E-state index is -0.0421. The van der Waals surface area contributed by atoms with Crippen molar-refractivity contribution in [2.75, 3.05) is 19.0 Å². The third-order valence-corrected chi connectivity index (χ3v) is 5.09. The third kappa shape index (κ3) is 5.39. The van der Waals surface area contributed by atoms with Crippen molar-refractivity contribution in [2.45, 2.75) is 25.4 Å². The molecular weight excluding hydrogens is 376 g/mol. The van der Waals surface area contributed by atoms with Crippen LogP contribution in [-0.2, 0) is 11.3 Å². The number of nitrogens with one attached hydrogen (secondary N) is 1. The summed E-state index contributed by atoms with van der Waals surface area (Å²) < 4.78 is 11.2. The largest absolute Gasteiger partial charge is 0.497 e. The fourth-order valence-electron chi connectivity index (χ4n) is 3.37. The molecule has 0 spiro atoms. The van der Waals surface area contributed by atoms with E-state index in [1.165, 1.54) is 5.56 Å². The molecule has 1 saturated carbocycles. The molecule has 0 atom stereocenters. The Bertz CT molecular complexity index is 969. The smallest absolute Gasteiger partial charge is 0.238 e. The van der Waals surface area contributed by atoms with Gasteiger partial charge in [-0.1, -0.05) is 42.5 Å². The number of carbonyl (C=O) groups excluding carboxylic acids is 1. The average Bonchev–Trinajstić information content (AvgIpc) is 3.61. The lowest BCUT2D eigenvalue weighted by molar-refractivity contribution is -0.117. The number of ether oxygens (including phenoxy) is 2. The zero-order valence-corrected chi connectivity index (χ0v) is 17.1.